The normalized spacial score (nSPS) is 14.4. The number of rotatable bonds is 6. The number of hydrogen-bond donors (Lipinski definition) is 3. The van der Waals surface area contributed by atoms with Gasteiger partial charge in [0.15, 0.2) is 0 Å². The molecule has 3 rings (SSSR count). The predicted octanol–water partition coefficient (Wildman–Crippen LogP) is 3.96. The van der Waals surface area contributed by atoms with E-state index in [1.54, 1.807) is 0 Å². The Bertz CT molecular complexity index is 817. The number of benzene rings is 1. The van der Waals surface area contributed by atoms with E-state index in [-0.39, 0.29) is 5.91 Å². The van der Waals surface area contributed by atoms with Crippen molar-refractivity contribution in [3.63, 3.8) is 0 Å². The van der Waals surface area contributed by atoms with Gasteiger partial charge in [-0.3, -0.25) is 4.79 Å². The third-order valence-corrected chi connectivity index (χ3v) is 5.58. The van der Waals surface area contributed by atoms with Crippen molar-refractivity contribution in [2.45, 2.75) is 25.8 Å². The number of amides is 1. The average Bonchev–Trinajstić information content (AvgIpc) is 2.70. The Balaban J connectivity index is 1.85. The topological polar surface area (TPSA) is 87.1 Å². The minimum atomic E-state index is -0.313. The van der Waals surface area contributed by atoms with Gasteiger partial charge in [-0.2, -0.15) is 11.8 Å². The molecule has 1 aromatic heterocycles. The Morgan fingerprint density at radius 1 is 1.30 bits per heavy atom. The summed E-state index contributed by atoms with van der Waals surface area (Å²) in [5.41, 5.74) is 2.62. The number of methoxy groups -OCH3 is 1. The van der Waals surface area contributed by atoms with Gasteiger partial charge in [0.1, 0.15) is 17.1 Å². The number of thioether (sulfide) groups is 1. The Labute approximate surface area is 163 Å². The number of carbonyl (C=O) groups excluding carboxylic acids is 1. The van der Waals surface area contributed by atoms with E-state index in [1.807, 2.05) is 43.0 Å². The predicted molar refractivity (Wildman–Crippen MR) is 112 cm³/mol. The highest BCUT2D eigenvalue weighted by atomic mass is 32.2. The summed E-state index contributed by atoms with van der Waals surface area (Å²) in [5, 5.41) is 14.1. The van der Waals surface area contributed by atoms with Crippen LogP contribution in [0.15, 0.2) is 30.5 Å². The molecule has 142 valence electrons. The number of carbonyl (C=O) groups is 1. The fraction of sp³-hybridized carbons (Fsp3) is 0.350. The molecule has 0 atom stereocenters. The van der Waals surface area contributed by atoms with Gasteiger partial charge in [-0.05, 0) is 43.4 Å². The molecule has 0 unspecified atom stereocenters. The lowest BCUT2D eigenvalue weighted by molar-refractivity contribution is 0.102. The second-order valence-electron chi connectivity index (χ2n) is 6.46. The van der Waals surface area contributed by atoms with Crippen LogP contribution in [0.2, 0.25) is 0 Å². The lowest BCUT2D eigenvalue weighted by Gasteiger charge is -2.24. The smallest absolute Gasteiger partial charge is 0.261 e. The van der Waals surface area contributed by atoms with E-state index in [9.17, 15) is 4.79 Å². The zero-order valence-corrected chi connectivity index (χ0v) is 16.4. The van der Waals surface area contributed by atoms with Crippen molar-refractivity contribution in [1.82, 2.24) is 4.98 Å². The molecule has 0 radical (unpaired) electrons. The van der Waals surface area contributed by atoms with Crippen LogP contribution in [0, 0.1) is 12.3 Å². The number of pyridine rings is 1. The van der Waals surface area contributed by atoms with Crippen molar-refractivity contribution in [2.24, 2.45) is 0 Å². The maximum atomic E-state index is 12.7. The summed E-state index contributed by atoms with van der Waals surface area (Å²) < 4.78 is 5.48. The maximum Gasteiger partial charge on any atom is 0.261 e. The van der Waals surface area contributed by atoms with Gasteiger partial charge in [0, 0.05) is 24.1 Å². The molecule has 27 heavy (non-hydrogen) atoms. The van der Waals surface area contributed by atoms with E-state index in [2.05, 4.69) is 15.6 Å². The van der Waals surface area contributed by atoms with Gasteiger partial charge in [-0.25, -0.2) is 4.98 Å². The Hall–Kier alpha value is -2.54. The molecule has 2 heterocycles. The van der Waals surface area contributed by atoms with Crippen LogP contribution in [0.5, 0.6) is 5.75 Å². The molecule has 1 amide bonds. The molecule has 6 nitrogen and oxygen atoms in total. The number of aryl methyl sites for hydroxylation is 1. The summed E-state index contributed by atoms with van der Waals surface area (Å²) in [5.74, 6) is 2.87. The summed E-state index contributed by atoms with van der Waals surface area (Å²) in [6, 6.07) is 7.89. The van der Waals surface area contributed by atoms with Gasteiger partial charge in [-0.1, -0.05) is 17.7 Å². The van der Waals surface area contributed by atoms with Gasteiger partial charge >= 0.3 is 0 Å². The number of ether oxygens (including phenoxy) is 1. The van der Waals surface area contributed by atoms with Crippen LogP contribution < -0.4 is 15.4 Å². The molecular weight excluding hydrogens is 360 g/mol. The lowest BCUT2D eigenvalue weighted by atomic mass is 10.1. The molecule has 0 bridgehead atoms. The van der Waals surface area contributed by atoms with E-state index in [4.69, 9.17) is 10.1 Å². The van der Waals surface area contributed by atoms with Crippen LogP contribution in [0.1, 0.15) is 34.3 Å². The lowest BCUT2D eigenvalue weighted by Crippen LogP contribution is -2.26. The van der Waals surface area contributed by atoms with Crippen molar-refractivity contribution in [1.29, 1.82) is 5.41 Å². The third kappa shape index (κ3) is 4.60. The van der Waals surface area contributed by atoms with E-state index in [1.165, 1.54) is 19.5 Å². The van der Waals surface area contributed by atoms with Crippen molar-refractivity contribution in [2.75, 3.05) is 29.2 Å². The fourth-order valence-electron chi connectivity index (χ4n) is 3.01. The molecule has 1 saturated heterocycles. The number of nitrogens with one attached hydrogen (secondary N) is 3. The van der Waals surface area contributed by atoms with Crippen molar-refractivity contribution in [3.05, 3.63) is 47.2 Å². The molecule has 1 fully saturated rings. The summed E-state index contributed by atoms with van der Waals surface area (Å²) in [4.78, 5) is 17.1. The summed E-state index contributed by atoms with van der Waals surface area (Å²) in [7, 11) is 1.51. The SMILES string of the molecule is COc1c(C(=O)Nc2ccc(C)cc2)cnc(NC2CCSCC2)c1C=N. The van der Waals surface area contributed by atoms with Crippen LogP contribution in [0.3, 0.4) is 0 Å². The van der Waals surface area contributed by atoms with Crippen LogP contribution in [-0.4, -0.2) is 41.8 Å². The van der Waals surface area contributed by atoms with Crippen LogP contribution >= 0.6 is 11.8 Å². The molecule has 3 N–H and O–H groups in total. The summed E-state index contributed by atoms with van der Waals surface area (Å²) in [6.07, 6.45) is 4.81. The molecule has 0 spiro atoms. The highest BCUT2D eigenvalue weighted by molar-refractivity contribution is 7.99. The van der Waals surface area contributed by atoms with Crippen molar-refractivity contribution in [3.8, 4) is 5.75 Å². The second-order valence-corrected chi connectivity index (χ2v) is 7.69. The first-order valence-electron chi connectivity index (χ1n) is 8.92. The van der Waals surface area contributed by atoms with Gasteiger partial charge in [0.2, 0.25) is 0 Å². The molecule has 7 heteroatoms. The maximum absolute atomic E-state index is 12.7. The molecule has 1 aliphatic heterocycles. The van der Waals surface area contributed by atoms with Crippen molar-refractivity contribution < 1.29 is 9.53 Å². The minimum absolute atomic E-state index is 0.307. The molecule has 0 aliphatic carbocycles. The monoisotopic (exact) mass is 384 g/mol. The first-order valence-corrected chi connectivity index (χ1v) is 10.1. The minimum Gasteiger partial charge on any atom is -0.495 e. The summed E-state index contributed by atoms with van der Waals surface area (Å²) >= 11 is 1.95. The number of aromatic nitrogens is 1. The van der Waals surface area contributed by atoms with Gasteiger partial charge < -0.3 is 20.8 Å². The second kappa shape index (κ2) is 8.90. The van der Waals surface area contributed by atoms with Gasteiger partial charge in [-0.15, -0.1) is 0 Å². The highest BCUT2D eigenvalue weighted by Crippen LogP contribution is 2.30. The zero-order chi connectivity index (χ0) is 19.2. The molecule has 1 aromatic carbocycles. The first-order chi connectivity index (χ1) is 13.1. The number of hydrogen-bond acceptors (Lipinski definition) is 6. The first kappa shape index (κ1) is 19.2. The quantitative estimate of drug-likeness (QED) is 0.656. The average molecular weight is 385 g/mol. The Kier molecular flexibility index (Phi) is 6.34. The van der Waals surface area contributed by atoms with Crippen molar-refractivity contribution >= 4 is 35.4 Å². The zero-order valence-electron chi connectivity index (χ0n) is 15.5. The van der Waals surface area contributed by atoms with E-state index in [0.29, 0.717) is 34.4 Å². The molecule has 2 aromatic rings. The third-order valence-electron chi connectivity index (χ3n) is 4.53. The van der Waals surface area contributed by atoms with Gasteiger partial charge in [0.05, 0.1) is 12.7 Å². The van der Waals surface area contributed by atoms with Crippen LogP contribution in [0.4, 0.5) is 11.5 Å². The largest absolute Gasteiger partial charge is 0.495 e. The van der Waals surface area contributed by atoms with E-state index >= 15 is 0 Å². The standard InChI is InChI=1S/C20H24N4O2S/c1-13-3-5-14(6-4-13)24-20(25)17-12-22-19(16(11-21)18(17)26-2)23-15-7-9-27-10-8-15/h3-6,11-12,15,21H,7-10H2,1-2H3,(H,22,23)(H,24,25). The number of anilines is 2. The summed E-state index contributed by atoms with van der Waals surface area (Å²) in [6.45, 7) is 1.99. The fourth-order valence-corrected chi connectivity index (χ4v) is 4.12. The number of nitrogens with zero attached hydrogens (tertiary/aromatic N) is 1. The highest BCUT2D eigenvalue weighted by Gasteiger charge is 2.22. The van der Waals surface area contributed by atoms with E-state index < -0.39 is 0 Å². The van der Waals surface area contributed by atoms with E-state index in [0.717, 1.165) is 29.9 Å². The van der Waals surface area contributed by atoms with Gasteiger partial charge in [0.25, 0.3) is 5.91 Å². The van der Waals surface area contributed by atoms with Crippen LogP contribution in [0.25, 0.3) is 0 Å². The van der Waals surface area contributed by atoms with Crippen LogP contribution in [-0.2, 0) is 0 Å². The molecular formula is C20H24N4O2S. The molecule has 0 saturated carbocycles. The molecule has 1 aliphatic rings. The Morgan fingerprint density at radius 3 is 2.63 bits per heavy atom. The Morgan fingerprint density at radius 2 is 2.00 bits per heavy atom.